The van der Waals surface area contributed by atoms with Crippen LogP contribution in [0.2, 0.25) is 0 Å². The van der Waals surface area contributed by atoms with Crippen LogP contribution in [0.4, 0.5) is 6.01 Å². The largest absolute Gasteiger partial charge is 0.491 e. The van der Waals surface area contributed by atoms with E-state index >= 15 is 0 Å². The molecule has 7 heteroatoms. The van der Waals surface area contributed by atoms with Crippen molar-refractivity contribution in [2.75, 3.05) is 5.32 Å². The standard InChI is InChI=1S/C17H16N4O3/c1-11(2)23-14-7-5-12(6-8-14)15(22)19-17-21-20-16(24-17)13-4-3-9-18-10-13/h3-11H,1-2H3,(H,19,21,22). The van der Waals surface area contributed by atoms with Gasteiger partial charge in [0.25, 0.3) is 11.8 Å². The van der Waals surface area contributed by atoms with Gasteiger partial charge in [0.05, 0.1) is 11.7 Å². The van der Waals surface area contributed by atoms with Crippen LogP contribution in [0.15, 0.2) is 53.2 Å². The molecule has 1 N–H and O–H groups in total. The summed E-state index contributed by atoms with van der Waals surface area (Å²) in [4.78, 5) is 16.2. The molecule has 0 unspecified atom stereocenters. The SMILES string of the molecule is CC(C)Oc1ccc(C(=O)Nc2nnc(-c3cccnc3)o2)cc1. The van der Waals surface area contributed by atoms with Gasteiger partial charge < -0.3 is 9.15 Å². The lowest BCUT2D eigenvalue weighted by Crippen LogP contribution is -2.12. The Labute approximate surface area is 138 Å². The second kappa shape index (κ2) is 6.91. The van der Waals surface area contributed by atoms with Gasteiger partial charge in [-0.2, -0.15) is 0 Å². The molecule has 7 nitrogen and oxygen atoms in total. The number of nitrogens with one attached hydrogen (secondary N) is 1. The van der Waals surface area contributed by atoms with Crippen molar-refractivity contribution in [1.29, 1.82) is 0 Å². The molecule has 24 heavy (non-hydrogen) atoms. The van der Waals surface area contributed by atoms with Crippen molar-refractivity contribution in [3.05, 3.63) is 54.4 Å². The Balaban J connectivity index is 1.68. The van der Waals surface area contributed by atoms with Crippen molar-refractivity contribution in [1.82, 2.24) is 15.2 Å². The zero-order chi connectivity index (χ0) is 16.9. The molecule has 0 radical (unpaired) electrons. The second-order valence-electron chi connectivity index (χ2n) is 5.30. The summed E-state index contributed by atoms with van der Waals surface area (Å²) < 4.78 is 11.0. The lowest BCUT2D eigenvalue weighted by molar-refractivity contribution is 0.102. The van der Waals surface area contributed by atoms with Gasteiger partial charge in [0.1, 0.15) is 5.75 Å². The number of nitrogens with zero attached hydrogens (tertiary/aromatic N) is 3. The van der Waals surface area contributed by atoms with E-state index < -0.39 is 0 Å². The van der Waals surface area contributed by atoms with Crippen molar-refractivity contribution in [3.8, 4) is 17.2 Å². The summed E-state index contributed by atoms with van der Waals surface area (Å²) in [6, 6.07) is 10.4. The zero-order valence-corrected chi connectivity index (χ0v) is 13.3. The number of benzene rings is 1. The van der Waals surface area contributed by atoms with Gasteiger partial charge >= 0.3 is 6.01 Å². The molecule has 0 saturated carbocycles. The van der Waals surface area contributed by atoms with Gasteiger partial charge in [0.15, 0.2) is 0 Å². The zero-order valence-electron chi connectivity index (χ0n) is 13.3. The Morgan fingerprint density at radius 3 is 2.62 bits per heavy atom. The van der Waals surface area contributed by atoms with E-state index in [0.29, 0.717) is 22.8 Å². The summed E-state index contributed by atoms with van der Waals surface area (Å²) in [5.74, 6) is 0.657. The smallest absolute Gasteiger partial charge is 0.322 e. The number of pyridine rings is 1. The molecule has 0 aliphatic heterocycles. The number of hydrogen-bond donors (Lipinski definition) is 1. The number of hydrogen-bond acceptors (Lipinski definition) is 6. The Hall–Kier alpha value is -3.22. The Bertz CT molecular complexity index is 813. The third kappa shape index (κ3) is 3.75. The molecule has 0 aliphatic carbocycles. The van der Waals surface area contributed by atoms with E-state index in [9.17, 15) is 4.79 Å². The Morgan fingerprint density at radius 2 is 1.96 bits per heavy atom. The minimum atomic E-state index is -0.340. The number of carbonyl (C=O) groups is 1. The average molecular weight is 324 g/mol. The molecule has 0 fully saturated rings. The lowest BCUT2D eigenvalue weighted by atomic mass is 10.2. The molecule has 3 aromatic rings. The van der Waals surface area contributed by atoms with Crippen molar-refractivity contribution in [2.24, 2.45) is 0 Å². The van der Waals surface area contributed by atoms with E-state index in [1.54, 1.807) is 48.8 Å². The van der Waals surface area contributed by atoms with Crippen molar-refractivity contribution >= 4 is 11.9 Å². The van der Waals surface area contributed by atoms with Crippen LogP contribution in [0.5, 0.6) is 5.75 Å². The van der Waals surface area contributed by atoms with E-state index in [1.165, 1.54) is 0 Å². The lowest BCUT2D eigenvalue weighted by Gasteiger charge is -2.09. The molecule has 1 aromatic carbocycles. The molecule has 1 amide bonds. The number of rotatable bonds is 5. The van der Waals surface area contributed by atoms with Crippen LogP contribution in [0.25, 0.3) is 11.5 Å². The van der Waals surface area contributed by atoms with Crippen LogP contribution >= 0.6 is 0 Å². The first-order chi connectivity index (χ1) is 11.6. The van der Waals surface area contributed by atoms with Gasteiger partial charge in [-0.1, -0.05) is 5.10 Å². The minimum Gasteiger partial charge on any atom is -0.491 e. The normalized spacial score (nSPS) is 10.6. The predicted molar refractivity (Wildman–Crippen MR) is 87.7 cm³/mol. The number of ether oxygens (including phenoxy) is 1. The van der Waals surface area contributed by atoms with Crippen LogP contribution in [0, 0.1) is 0 Å². The molecule has 0 spiro atoms. The summed E-state index contributed by atoms with van der Waals surface area (Å²) in [6.07, 6.45) is 3.33. The second-order valence-corrected chi connectivity index (χ2v) is 5.30. The highest BCUT2D eigenvalue weighted by molar-refractivity contribution is 6.03. The maximum atomic E-state index is 12.2. The van der Waals surface area contributed by atoms with E-state index in [-0.39, 0.29) is 18.0 Å². The maximum absolute atomic E-state index is 12.2. The fraction of sp³-hybridized carbons (Fsp3) is 0.176. The first-order valence-electron chi connectivity index (χ1n) is 7.44. The molecular weight excluding hydrogens is 308 g/mol. The van der Waals surface area contributed by atoms with Crippen LogP contribution < -0.4 is 10.1 Å². The molecule has 0 saturated heterocycles. The maximum Gasteiger partial charge on any atom is 0.322 e. The number of anilines is 1. The first kappa shape index (κ1) is 15.7. The van der Waals surface area contributed by atoms with Crippen LogP contribution in [-0.4, -0.2) is 27.2 Å². The van der Waals surface area contributed by atoms with E-state index in [4.69, 9.17) is 9.15 Å². The fourth-order valence-electron chi connectivity index (χ4n) is 2.01. The minimum absolute atomic E-state index is 0.0290. The van der Waals surface area contributed by atoms with Crippen molar-refractivity contribution in [3.63, 3.8) is 0 Å². The van der Waals surface area contributed by atoms with E-state index in [1.807, 2.05) is 13.8 Å². The van der Waals surface area contributed by atoms with Gasteiger partial charge in [-0.25, -0.2) is 0 Å². The molecule has 2 aromatic heterocycles. The van der Waals surface area contributed by atoms with E-state index in [0.717, 1.165) is 0 Å². The first-order valence-corrected chi connectivity index (χ1v) is 7.44. The molecular formula is C17H16N4O3. The third-order valence-electron chi connectivity index (χ3n) is 3.04. The quantitative estimate of drug-likeness (QED) is 0.775. The molecule has 2 heterocycles. The van der Waals surface area contributed by atoms with Gasteiger partial charge in [-0.05, 0) is 50.2 Å². The Morgan fingerprint density at radius 1 is 1.17 bits per heavy atom. The highest BCUT2D eigenvalue weighted by Gasteiger charge is 2.13. The number of aromatic nitrogens is 3. The fourth-order valence-corrected chi connectivity index (χ4v) is 2.01. The molecule has 0 aliphatic rings. The van der Waals surface area contributed by atoms with Crippen molar-refractivity contribution < 1.29 is 13.9 Å². The summed E-state index contributed by atoms with van der Waals surface area (Å²) in [6.45, 7) is 3.88. The van der Waals surface area contributed by atoms with Crippen LogP contribution in [0.1, 0.15) is 24.2 Å². The van der Waals surface area contributed by atoms with Crippen LogP contribution in [-0.2, 0) is 0 Å². The summed E-state index contributed by atoms with van der Waals surface area (Å²) in [5, 5.41) is 10.3. The topological polar surface area (TPSA) is 90.1 Å². The van der Waals surface area contributed by atoms with Crippen molar-refractivity contribution in [2.45, 2.75) is 20.0 Å². The molecule has 0 atom stereocenters. The highest BCUT2D eigenvalue weighted by Crippen LogP contribution is 2.19. The number of amides is 1. The monoisotopic (exact) mass is 324 g/mol. The molecule has 3 rings (SSSR count). The number of carbonyl (C=O) groups excluding carboxylic acids is 1. The van der Waals surface area contributed by atoms with Gasteiger partial charge in [0.2, 0.25) is 0 Å². The Kier molecular flexibility index (Phi) is 4.51. The van der Waals surface area contributed by atoms with Gasteiger partial charge in [-0.3, -0.25) is 15.1 Å². The third-order valence-corrected chi connectivity index (χ3v) is 3.04. The predicted octanol–water partition coefficient (Wildman–Crippen LogP) is 3.17. The highest BCUT2D eigenvalue weighted by atomic mass is 16.5. The van der Waals surface area contributed by atoms with Gasteiger partial charge in [-0.15, -0.1) is 5.10 Å². The average Bonchev–Trinajstić information content (AvgIpc) is 3.04. The molecule has 0 bridgehead atoms. The van der Waals surface area contributed by atoms with Crippen LogP contribution in [0.3, 0.4) is 0 Å². The summed E-state index contributed by atoms with van der Waals surface area (Å²) >= 11 is 0. The van der Waals surface area contributed by atoms with Gasteiger partial charge in [0, 0.05) is 18.0 Å². The van der Waals surface area contributed by atoms with E-state index in [2.05, 4.69) is 20.5 Å². The molecule has 122 valence electrons. The summed E-state index contributed by atoms with van der Waals surface area (Å²) in [7, 11) is 0. The summed E-state index contributed by atoms with van der Waals surface area (Å²) in [5.41, 5.74) is 1.15.